The maximum Gasteiger partial charge on any atom is 0.335 e. The molecule has 4 rings (SSSR count). The molecule has 0 aromatic heterocycles. The van der Waals surface area contributed by atoms with Gasteiger partial charge in [0, 0.05) is 5.56 Å². The molecule has 0 fully saturated rings. The summed E-state index contributed by atoms with van der Waals surface area (Å²) in [5.41, 5.74) is 2.69. The van der Waals surface area contributed by atoms with E-state index in [-0.39, 0.29) is 27.9 Å². The van der Waals surface area contributed by atoms with Gasteiger partial charge in [0.2, 0.25) is 0 Å². The predicted octanol–water partition coefficient (Wildman–Crippen LogP) is 4.27. The Bertz CT molecular complexity index is 1340. The maximum absolute atomic E-state index is 13.3. The van der Waals surface area contributed by atoms with Crippen molar-refractivity contribution in [3.05, 3.63) is 88.0 Å². The number of carboxylic acids is 1. The van der Waals surface area contributed by atoms with Gasteiger partial charge in [-0.2, -0.15) is 0 Å². The van der Waals surface area contributed by atoms with Gasteiger partial charge >= 0.3 is 5.97 Å². The molecule has 0 unspecified atom stereocenters. The smallest absolute Gasteiger partial charge is 0.335 e. The Labute approximate surface area is 195 Å². The zero-order valence-corrected chi connectivity index (χ0v) is 18.6. The Morgan fingerprint density at radius 2 is 1.47 bits per heavy atom. The van der Waals surface area contributed by atoms with E-state index in [0.717, 1.165) is 17.2 Å². The highest BCUT2D eigenvalue weighted by atomic mass is 16.4. The van der Waals surface area contributed by atoms with E-state index < -0.39 is 29.4 Å². The van der Waals surface area contributed by atoms with E-state index in [1.165, 1.54) is 35.2 Å². The lowest BCUT2D eigenvalue weighted by Gasteiger charge is -2.21. The molecule has 1 aliphatic rings. The van der Waals surface area contributed by atoms with Gasteiger partial charge in [0.15, 0.2) is 0 Å². The fraction of sp³-hybridized carbons (Fsp3) is 0.154. The van der Waals surface area contributed by atoms with E-state index in [1.54, 1.807) is 0 Å². The van der Waals surface area contributed by atoms with Crippen LogP contribution < -0.4 is 10.2 Å². The Morgan fingerprint density at radius 3 is 2.06 bits per heavy atom. The molecule has 172 valence electrons. The highest BCUT2D eigenvalue weighted by Crippen LogP contribution is 2.35. The standard InChI is InChI=1S/C26H22N2O6/c1-3-14-6-5-7-15(4-2)22(14)28-24(31)18-10-8-16(12-19(18)25(28)32)23(30)27-20-11-9-17(26(33)34)13-21(20)29/h5-13,29H,3-4H2,1-2H3,(H,27,30)(H,33,34). The number of amides is 3. The van der Waals surface area contributed by atoms with Gasteiger partial charge in [-0.3, -0.25) is 14.4 Å². The number of nitrogens with zero attached hydrogens (tertiary/aromatic N) is 1. The van der Waals surface area contributed by atoms with Crippen LogP contribution in [-0.2, 0) is 12.8 Å². The number of fused-ring (bicyclic) bond motifs is 1. The van der Waals surface area contributed by atoms with Crippen molar-refractivity contribution in [2.45, 2.75) is 26.7 Å². The number of carbonyl (C=O) groups excluding carboxylic acids is 3. The van der Waals surface area contributed by atoms with Crippen molar-refractivity contribution in [2.75, 3.05) is 10.2 Å². The number of phenols is 1. The Kier molecular flexibility index (Phi) is 5.89. The predicted molar refractivity (Wildman–Crippen MR) is 126 cm³/mol. The topological polar surface area (TPSA) is 124 Å². The van der Waals surface area contributed by atoms with Gasteiger partial charge in [0.25, 0.3) is 17.7 Å². The number of hydrogen-bond acceptors (Lipinski definition) is 5. The highest BCUT2D eigenvalue weighted by Gasteiger charge is 2.38. The molecule has 3 amide bonds. The molecule has 0 atom stereocenters. The first-order chi connectivity index (χ1) is 16.3. The van der Waals surface area contributed by atoms with Crippen LogP contribution in [0.3, 0.4) is 0 Å². The largest absolute Gasteiger partial charge is 0.506 e. The number of carbonyl (C=O) groups is 4. The van der Waals surface area contributed by atoms with Crippen molar-refractivity contribution < 1.29 is 29.4 Å². The van der Waals surface area contributed by atoms with Crippen LogP contribution in [0.1, 0.15) is 66.4 Å². The Balaban J connectivity index is 1.66. The van der Waals surface area contributed by atoms with Gasteiger partial charge in [0.05, 0.1) is 28.1 Å². The minimum Gasteiger partial charge on any atom is -0.506 e. The van der Waals surface area contributed by atoms with Gasteiger partial charge < -0.3 is 15.5 Å². The van der Waals surface area contributed by atoms with Gasteiger partial charge in [-0.15, -0.1) is 0 Å². The molecule has 34 heavy (non-hydrogen) atoms. The molecular weight excluding hydrogens is 436 g/mol. The van der Waals surface area contributed by atoms with E-state index in [1.807, 2.05) is 32.0 Å². The number of aromatic hydroxyl groups is 1. The second-order valence-electron chi connectivity index (χ2n) is 7.83. The number of phenolic OH excluding ortho intramolecular Hbond substituents is 1. The van der Waals surface area contributed by atoms with Crippen LogP contribution in [0.25, 0.3) is 0 Å². The van der Waals surface area contributed by atoms with E-state index in [4.69, 9.17) is 5.11 Å². The van der Waals surface area contributed by atoms with E-state index >= 15 is 0 Å². The monoisotopic (exact) mass is 458 g/mol. The van der Waals surface area contributed by atoms with Gasteiger partial charge in [-0.25, -0.2) is 9.69 Å². The zero-order chi connectivity index (χ0) is 24.6. The first-order valence-electron chi connectivity index (χ1n) is 10.8. The first kappa shape index (κ1) is 22.7. The van der Waals surface area contributed by atoms with Crippen molar-refractivity contribution in [1.82, 2.24) is 0 Å². The number of nitrogens with one attached hydrogen (secondary N) is 1. The summed E-state index contributed by atoms with van der Waals surface area (Å²) in [7, 11) is 0. The number of imide groups is 1. The third kappa shape index (κ3) is 3.79. The molecular formula is C26H22N2O6. The first-order valence-corrected chi connectivity index (χ1v) is 10.8. The summed E-state index contributed by atoms with van der Waals surface area (Å²) in [5, 5.41) is 21.5. The SMILES string of the molecule is CCc1cccc(CC)c1N1C(=O)c2ccc(C(=O)Nc3ccc(C(=O)O)cc3O)cc2C1=O. The van der Waals surface area contributed by atoms with Crippen molar-refractivity contribution in [1.29, 1.82) is 0 Å². The van der Waals surface area contributed by atoms with E-state index in [2.05, 4.69) is 5.32 Å². The number of para-hydroxylation sites is 1. The summed E-state index contributed by atoms with van der Waals surface area (Å²) in [6, 6.07) is 13.4. The van der Waals surface area contributed by atoms with Crippen molar-refractivity contribution in [3.63, 3.8) is 0 Å². The second kappa shape index (κ2) is 8.82. The summed E-state index contributed by atoms with van der Waals surface area (Å²) >= 11 is 0. The van der Waals surface area contributed by atoms with Gasteiger partial charge in [-0.1, -0.05) is 32.0 Å². The third-order valence-corrected chi connectivity index (χ3v) is 5.83. The van der Waals surface area contributed by atoms with E-state index in [9.17, 15) is 24.3 Å². The summed E-state index contributed by atoms with van der Waals surface area (Å²) in [6.07, 6.45) is 1.29. The molecule has 1 aliphatic heterocycles. The van der Waals surface area contributed by atoms with E-state index in [0.29, 0.717) is 18.5 Å². The van der Waals surface area contributed by atoms with Crippen LogP contribution in [-0.4, -0.2) is 33.9 Å². The summed E-state index contributed by atoms with van der Waals surface area (Å²) in [4.78, 5) is 51.5. The number of aryl methyl sites for hydroxylation is 2. The molecule has 0 radical (unpaired) electrons. The lowest BCUT2D eigenvalue weighted by Crippen LogP contribution is -2.31. The molecule has 0 bridgehead atoms. The molecule has 8 nitrogen and oxygen atoms in total. The molecule has 0 saturated heterocycles. The number of rotatable bonds is 6. The number of aromatic carboxylic acids is 1. The number of benzene rings is 3. The molecule has 0 spiro atoms. The molecule has 1 heterocycles. The molecule has 3 aromatic rings. The van der Waals surface area contributed by atoms with Crippen LogP contribution in [0, 0.1) is 0 Å². The average Bonchev–Trinajstić information content (AvgIpc) is 3.08. The van der Waals surface area contributed by atoms with Crippen LogP contribution >= 0.6 is 0 Å². The quantitative estimate of drug-likeness (QED) is 0.374. The molecule has 8 heteroatoms. The van der Waals surface area contributed by atoms with Crippen LogP contribution in [0.4, 0.5) is 11.4 Å². The lowest BCUT2D eigenvalue weighted by molar-refractivity contribution is 0.0695. The summed E-state index contributed by atoms with van der Waals surface area (Å²) in [5.74, 6) is -3.18. The summed E-state index contributed by atoms with van der Waals surface area (Å²) in [6.45, 7) is 3.91. The van der Waals surface area contributed by atoms with Gasteiger partial charge in [-0.05, 0) is 60.4 Å². The fourth-order valence-electron chi connectivity index (χ4n) is 4.05. The maximum atomic E-state index is 13.3. The minimum absolute atomic E-state index is 0.0176. The van der Waals surface area contributed by atoms with Crippen molar-refractivity contribution >= 4 is 35.1 Å². The van der Waals surface area contributed by atoms with Gasteiger partial charge in [0.1, 0.15) is 5.75 Å². The van der Waals surface area contributed by atoms with Crippen molar-refractivity contribution in [3.8, 4) is 5.75 Å². The average molecular weight is 458 g/mol. The Morgan fingerprint density at radius 1 is 0.853 bits per heavy atom. The van der Waals surface area contributed by atoms with Crippen LogP contribution in [0.5, 0.6) is 5.75 Å². The number of anilines is 2. The second-order valence-corrected chi connectivity index (χ2v) is 7.83. The molecule has 0 saturated carbocycles. The minimum atomic E-state index is -1.21. The number of carboxylic acid groups (broad SMARTS) is 1. The molecule has 3 N–H and O–H groups in total. The lowest BCUT2D eigenvalue weighted by atomic mass is 10.0. The van der Waals surface area contributed by atoms with Crippen LogP contribution in [0.15, 0.2) is 54.6 Å². The zero-order valence-electron chi connectivity index (χ0n) is 18.6. The third-order valence-electron chi connectivity index (χ3n) is 5.83. The van der Waals surface area contributed by atoms with Crippen LogP contribution in [0.2, 0.25) is 0 Å². The summed E-state index contributed by atoms with van der Waals surface area (Å²) < 4.78 is 0. The fourth-order valence-corrected chi connectivity index (χ4v) is 4.05. The Hall–Kier alpha value is -4.46. The highest BCUT2D eigenvalue weighted by molar-refractivity contribution is 6.35. The normalized spacial score (nSPS) is 12.6. The van der Waals surface area contributed by atoms with Crippen molar-refractivity contribution in [2.24, 2.45) is 0 Å². The molecule has 3 aromatic carbocycles. The molecule has 0 aliphatic carbocycles. The number of hydrogen-bond donors (Lipinski definition) is 3.